The zero-order valence-corrected chi connectivity index (χ0v) is 13.2. The second-order valence-electron chi connectivity index (χ2n) is 4.49. The van der Waals surface area contributed by atoms with E-state index in [2.05, 4.69) is 19.1 Å². The summed E-state index contributed by atoms with van der Waals surface area (Å²) in [5, 5.41) is 0. The molecule has 0 saturated carbocycles. The highest BCUT2D eigenvalue weighted by atomic mass is 16.7. The van der Waals surface area contributed by atoms with Gasteiger partial charge in [-0.3, -0.25) is 0 Å². The SMILES string of the molecule is CCCCCC=CC(CC(OCC)OCC)OCC. The summed E-state index contributed by atoms with van der Waals surface area (Å²) < 4.78 is 16.9. The number of hydrogen-bond donors (Lipinski definition) is 0. The minimum absolute atomic E-state index is 0.0923. The van der Waals surface area contributed by atoms with E-state index in [4.69, 9.17) is 14.2 Å². The van der Waals surface area contributed by atoms with E-state index in [-0.39, 0.29) is 12.4 Å². The van der Waals surface area contributed by atoms with Gasteiger partial charge < -0.3 is 14.2 Å². The maximum absolute atomic E-state index is 5.72. The van der Waals surface area contributed by atoms with Gasteiger partial charge >= 0.3 is 0 Å². The van der Waals surface area contributed by atoms with E-state index in [1.54, 1.807) is 0 Å². The zero-order chi connectivity index (χ0) is 14.3. The van der Waals surface area contributed by atoms with Crippen LogP contribution in [0.5, 0.6) is 0 Å². The predicted molar refractivity (Wildman–Crippen MR) is 80.4 cm³/mol. The van der Waals surface area contributed by atoms with E-state index in [1.807, 2.05) is 20.8 Å². The molecule has 114 valence electrons. The van der Waals surface area contributed by atoms with Crippen molar-refractivity contribution in [2.75, 3.05) is 19.8 Å². The maximum Gasteiger partial charge on any atom is 0.160 e. The third-order valence-electron chi connectivity index (χ3n) is 2.84. The maximum atomic E-state index is 5.72. The molecule has 0 aromatic rings. The van der Waals surface area contributed by atoms with Crippen LogP contribution in [0.3, 0.4) is 0 Å². The molecule has 0 aliphatic heterocycles. The molecular weight excluding hydrogens is 240 g/mol. The van der Waals surface area contributed by atoms with Gasteiger partial charge in [0.25, 0.3) is 0 Å². The van der Waals surface area contributed by atoms with E-state index in [1.165, 1.54) is 19.3 Å². The van der Waals surface area contributed by atoms with Gasteiger partial charge in [-0.1, -0.05) is 31.9 Å². The molecule has 3 nitrogen and oxygen atoms in total. The van der Waals surface area contributed by atoms with Crippen molar-refractivity contribution in [2.24, 2.45) is 0 Å². The Hall–Kier alpha value is -0.380. The van der Waals surface area contributed by atoms with Crippen LogP contribution in [0.4, 0.5) is 0 Å². The van der Waals surface area contributed by atoms with Crippen LogP contribution < -0.4 is 0 Å². The van der Waals surface area contributed by atoms with Gasteiger partial charge in [-0.25, -0.2) is 0 Å². The standard InChI is InChI=1S/C16H32O3/c1-5-9-10-11-12-13-15(17-6-2)14-16(18-7-3)19-8-4/h12-13,15-16H,5-11,14H2,1-4H3. The summed E-state index contributed by atoms with van der Waals surface area (Å²) in [5.41, 5.74) is 0. The van der Waals surface area contributed by atoms with Crippen molar-refractivity contribution in [3.63, 3.8) is 0 Å². The molecule has 0 fully saturated rings. The van der Waals surface area contributed by atoms with Gasteiger partial charge in [0.2, 0.25) is 0 Å². The molecule has 0 spiro atoms. The van der Waals surface area contributed by atoms with E-state index in [9.17, 15) is 0 Å². The van der Waals surface area contributed by atoms with Crippen LogP contribution in [0, 0.1) is 0 Å². The Morgan fingerprint density at radius 2 is 1.47 bits per heavy atom. The summed E-state index contributed by atoms with van der Waals surface area (Å²) in [6.07, 6.45) is 10.0. The van der Waals surface area contributed by atoms with Crippen molar-refractivity contribution < 1.29 is 14.2 Å². The monoisotopic (exact) mass is 272 g/mol. The van der Waals surface area contributed by atoms with E-state index in [0.717, 1.165) is 19.4 Å². The Morgan fingerprint density at radius 1 is 0.842 bits per heavy atom. The van der Waals surface area contributed by atoms with Gasteiger partial charge in [-0.2, -0.15) is 0 Å². The van der Waals surface area contributed by atoms with Gasteiger partial charge in [0.05, 0.1) is 6.10 Å². The zero-order valence-electron chi connectivity index (χ0n) is 13.2. The Morgan fingerprint density at radius 3 is 2.00 bits per heavy atom. The van der Waals surface area contributed by atoms with Gasteiger partial charge in [-0.05, 0) is 33.6 Å². The quantitative estimate of drug-likeness (QED) is 0.284. The smallest absolute Gasteiger partial charge is 0.160 e. The van der Waals surface area contributed by atoms with E-state index < -0.39 is 0 Å². The Kier molecular flexibility index (Phi) is 13.8. The molecule has 0 saturated heterocycles. The van der Waals surface area contributed by atoms with Crippen LogP contribution in [0.15, 0.2) is 12.2 Å². The molecule has 0 aromatic carbocycles. The van der Waals surface area contributed by atoms with Crippen molar-refractivity contribution in [1.82, 2.24) is 0 Å². The first kappa shape index (κ1) is 18.6. The summed E-state index contributed by atoms with van der Waals surface area (Å²) in [6.45, 7) is 10.3. The minimum Gasteiger partial charge on any atom is -0.374 e. The molecule has 0 amide bonds. The Labute approximate surface area is 119 Å². The van der Waals surface area contributed by atoms with Gasteiger partial charge in [0.15, 0.2) is 6.29 Å². The molecule has 0 N–H and O–H groups in total. The topological polar surface area (TPSA) is 27.7 Å². The summed E-state index contributed by atoms with van der Waals surface area (Å²) in [7, 11) is 0. The number of hydrogen-bond acceptors (Lipinski definition) is 3. The third kappa shape index (κ3) is 11.2. The molecule has 0 aliphatic carbocycles. The highest BCUT2D eigenvalue weighted by Gasteiger charge is 2.14. The number of unbranched alkanes of at least 4 members (excludes halogenated alkanes) is 3. The number of ether oxygens (including phenoxy) is 3. The molecule has 0 heterocycles. The van der Waals surface area contributed by atoms with E-state index >= 15 is 0 Å². The van der Waals surface area contributed by atoms with Crippen LogP contribution in [0.1, 0.15) is 59.8 Å². The van der Waals surface area contributed by atoms with Crippen LogP contribution in [-0.4, -0.2) is 32.2 Å². The fourth-order valence-corrected chi connectivity index (χ4v) is 1.92. The number of rotatable bonds is 13. The Balaban J connectivity index is 4.12. The minimum atomic E-state index is -0.160. The molecule has 0 rings (SSSR count). The van der Waals surface area contributed by atoms with Crippen LogP contribution in [0.2, 0.25) is 0 Å². The second kappa shape index (κ2) is 14.0. The molecule has 0 bridgehead atoms. The molecule has 19 heavy (non-hydrogen) atoms. The lowest BCUT2D eigenvalue weighted by molar-refractivity contribution is -0.152. The molecule has 1 atom stereocenters. The normalized spacial score (nSPS) is 13.5. The first-order chi connectivity index (χ1) is 9.28. The number of allylic oxidation sites excluding steroid dienone is 1. The summed E-state index contributed by atoms with van der Waals surface area (Å²) in [5.74, 6) is 0. The molecule has 0 radical (unpaired) electrons. The van der Waals surface area contributed by atoms with Crippen molar-refractivity contribution in [3.05, 3.63) is 12.2 Å². The van der Waals surface area contributed by atoms with Crippen molar-refractivity contribution in [3.8, 4) is 0 Å². The molecule has 1 unspecified atom stereocenters. The third-order valence-corrected chi connectivity index (χ3v) is 2.84. The van der Waals surface area contributed by atoms with E-state index in [0.29, 0.717) is 13.2 Å². The predicted octanol–water partition coefficient (Wildman–Crippen LogP) is 4.32. The van der Waals surface area contributed by atoms with Crippen LogP contribution in [-0.2, 0) is 14.2 Å². The van der Waals surface area contributed by atoms with Gasteiger partial charge in [-0.15, -0.1) is 0 Å². The summed E-state index contributed by atoms with van der Waals surface area (Å²) in [6, 6.07) is 0. The van der Waals surface area contributed by atoms with Crippen LogP contribution in [0.25, 0.3) is 0 Å². The Bertz CT molecular complexity index is 198. The lowest BCUT2D eigenvalue weighted by atomic mass is 10.1. The summed E-state index contributed by atoms with van der Waals surface area (Å²) >= 11 is 0. The molecular formula is C16H32O3. The fraction of sp³-hybridized carbons (Fsp3) is 0.875. The molecule has 3 heteroatoms. The molecule has 0 aromatic heterocycles. The largest absolute Gasteiger partial charge is 0.374 e. The van der Waals surface area contributed by atoms with Gasteiger partial charge in [0.1, 0.15) is 0 Å². The van der Waals surface area contributed by atoms with Crippen LogP contribution >= 0.6 is 0 Å². The molecule has 0 aliphatic rings. The lowest BCUT2D eigenvalue weighted by Gasteiger charge is -2.21. The average molecular weight is 272 g/mol. The highest BCUT2D eigenvalue weighted by Crippen LogP contribution is 2.11. The lowest BCUT2D eigenvalue weighted by Crippen LogP contribution is -2.24. The van der Waals surface area contributed by atoms with Crippen molar-refractivity contribution >= 4 is 0 Å². The fourth-order valence-electron chi connectivity index (χ4n) is 1.92. The first-order valence-electron chi connectivity index (χ1n) is 7.79. The van der Waals surface area contributed by atoms with Crippen molar-refractivity contribution in [2.45, 2.75) is 72.2 Å². The first-order valence-corrected chi connectivity index (χ1v) is 7.79. The van der Waals surface area contributed by atoms with Crippen molar-refractivity contribution in [1.29, 1.82) is 0 Å². The summed E-state index contributed by atoms with van der Waals surface area (Å²) in [4.78, 5) is 0. The highest BCUT2D eigenvalue weighted by molar-refractivity contribution is 4.90. The second-order valence-corrected chi connectivity index (χ2v) is 4.49. The van der Waals surface area contributed by atoms with Gasteiger partial charge in [0, 0.05) is 26.2 Å². The average Bonchev–Trinajstić information content (AvgIpc) is 2.39.